The molecule has 19 heavy (non-hydrogen) atoms. The molecule has 1 aliphatic rings. The van der Waals surface area contributed by atoms with Crippen molar-refractivity contribution >= 4 is 17.5 Å². The van der Waals surface area contributed by atoms with Gasteiger partial charge in [0.15, 0.2) is 5.82 Å². The first-order valence-electron chi connectivity index (χ1n) is 5.92. The predicted molar refractivity (Wildman–Crippen MR) is 65.6 cm³/mol. The quantitative estimate of drug-likeness (QED) is 0.839. The Bertz CT molecular complexity index is 560. The summed E-state index contributed by atoms with van der Waals surface area (Å²) in [6, 6.07) is 0.624. The summed E-state index contributed by atoms with van der Waals surface area (Å²) >= 11 is 0. The number of benzene rings is 1. The minimum Gasteiger partial charge on any atom is -0.343 e. The molecule has 0 saturated carbocycles. The minimum atomic E-state index is -0.950. The Hall–Kier alpha value is -1.98. The van der Waals surface area contributed by atoms with E-state index in [0.717, 1.165) is 11.0 Å². The van der Waals surface area contributed by atoms with Crippen molar-refractivity contribution in [2.45, 2.75) is 32.9 Å². The fraction of sp³-hybridized carbons (Fsp3) is 0.385. The zero-order valence-electron chi connectivity index (χ0n) is 10.8. The van der Waals surface area contributed by atoms with Crippen molar-refractivity contribution in [3.05, 3.63) is 29.3 Å². The summed E-state index contributed by atoms with van der Waals surface area (Å²) in [4.78, 5) is 24.7. The van der Waals surface area contributed by atoms with Crippen LogP contribution in [-0.2, 0) is 9.59 Å². The first-order chi connectivity index (χ1) is 8.84. The minimum absolute atomic E-state index is 0.218. The van der Waals surface area contributed by atoms with Crippen LogP contribution in [0.5, 0.6) is 0 Å². The van der Waals surface area contributed by atoms with E-state index in [1.807, 2.05) is 0 Å². The highest BCUT2D eigenvalue weighted by atomic mass is 19.1. The standard InChI is InChI=1S/C13H14F2N2O2/c1-6-4-5-9(14)11(10(6)15)17-8(3)12(18)16-7(2)13(17)19/h4-5,7-8H,1-3H3,(H,16,18). The number of rotatable bonds is 1. The topological polar surface area (TPSA) is 49.4 Å². The molecular formula is C13H14F2N2O2. The maximum atomic E-state index is 14.1. The van der Waals surface area contributed by atoms with E-state index >= 15 is 0 Å². The van der Waals surface area contributed by atoms with Gasteiger partial charge in [-0.25, -0.2) is 8.78 Å². The van der Waals surface area contributed by atoms with E-state index in [0.29, 0.717) is 0 Å². The summed E-state index contributed by atoms with van der Waals surface area (Å²) in [5, 5.41) is 2.46. The molecule has 1 N–H and O–H groups in total. The fourth-order valence-corrected chi connectivity index (χ4v) is 2.08. The molecule has 6 heteroatoms. The second kappa shape index (κ2) is 4.60. The molecule has 0 aromatic heterocycles. The Labute approximate surface area is 109 Å². The molecule has 1 aliphatic heterocycles. The number of halogens is 2. The van der Waals surface area contributed by atoms with Gasteiger partial charge in [0.2, 0.25) is 11.8 Å². The summed E-state index contributed by atoms with van der Waals surface area (Å²) in [6.45, 7) is 4.38. The molecule has 102 valence electrons. The van der Waals surface area contributed by atoms with Crippen LogP contribution in [-0.4, -0.2) is 23.9 Å². The van der Waals surface area contributed by atoms with E-state index < -0.39 is 41.2 Å². The SMILES string of the molecule is Cc1ccc(F)c(N2C(=O)C(C)NC(=O)C2C)c1F. The van der Waals surface area contributed by atoms with Crippen LogP contribution in [0.25, 0.3) is 0 Å². The lowest BCUT2D eigenvalue weighted by molar-refractivity contribution is -0.133. The smallest absolute Gasteiger partial charge is 0.250 e. The first kappa shape index (κ1) is 13.5. The first-order valence-corrected chi connectivity index (χ1v) is 5.92. The van der Waals surface area contributed by atoms with Crippen LogP contribution in [0.4, 0.5) is 14.5 Å². The normalized spacial score (nSPS) is 23.5. The lowest BCUT2D eigenvalue weighted by atomic mass is 10.1. The molecule has 1 aromatic rings. The number of amides is 2. The summed E-state index contributed by atoms with van der Waals surface area (Å²) in [7, 11) is 0. The van der Waals surface area contributed by atoms with E-state index in [1.54, 1.807) is 0 Å². The zero-order chi connectivity index (χ0) is 14.3. The second-order valence-corrected chi connectivity index (χ2v) is 4.64. The number of piperazine rings is 1. The third kappa shape index (κ3) is 2.07. The lowest BCUT2D eigenvalue weighted by Gasteiger charge is -2.36. The molecule has 0 radical (unpaired) electrons. The zero-order valence-corrected chi connectivity index (χ0v) is 10.8. The number of aryl methyl sites for hydroxylation is 1. The fourth-order valence-electron chi connectivity index (χ4n) is 2.08. The number of carbonyl (C=O) groups is 2. The van der Waals surface area contributed by atoms with Crippen molar-refractivity contribution in [3.63, 3.8) is 0 Å². The molecule has 0 spiro atoms. The van der Waals surface area contributed by atoms with Crippen molar-refractivity contribution in [2.75, 3.05) is 4.90 Å². The molecule has 0 bridgehead atoms. The van der Waals surface area contributed by atoms with Gasteiger partial charge in [-0.1, -0.05) is 6.07 Å². The highest BCUT2D eigenvalue weighted by Crippen LogP contribution is 2.29. The van der Waals surface area contributed by atoms with Gasteiger partial charge in [-0.05, 0) is 32.4 Å². The average Bonchev–Trinajstić information content (AvgIpc) is 2.36. The molecule has 2 unspecified atom stereocenters. The maximum Gasteiger partial charge on any atom is 0.250 e. The molecule has 1 heterocycles. The van der Waals surface area contributed by atoms with E-state index in [-0.39, 0.29) is 5.56 Å². The Morgan fingerprint density at radius 2 is 1.84 bits per heavy atom. The van der Waals surface area contributed by atoms with Gasteiger partial charge in [-0.2, -0.15) is 0 Å². The molecule has 2 amide bonds. The van der Waals surface area contributed by atoms with Gasteiger partial charge in [0.05, 0.1) is 0 Å². The number of nitrogens with one attached hydrogen (secondary N) is 1. The number of carbonyl (C=O) groups excluding carboxylic acids is 2. The predicted octanol–water partition coefficient (Wildman–Crippen LogP) is 1.51. The Balaban J connectivity index is 2.59. The number of anilines is 1. The number of hydrogen-bond acceptors (Lipinski definition) is 2. The molecule has 1 fully saturated rings. The summed E-state index contributed by atoms with van der Waals surface area (Å²) in [6.07, 6.45) is 0. The average molecular weight is 268 g/mol. The van der Waals surface area contributed by atoms with E-state index in [9.17, 15) is 18.4 Å². The molecule has 1 aromatic carbocycles. The van der Waals surface area contributed by atoms with Crippen molar-refractivity contribution < 1.29 is 18.4 Å². The van der Waals surface area contributed by atoms with Crippen LogP contribution in [0, 0.1) is 18.6 Å². The van der Waals surface area contributed by atoms with Crippen molar-refractivity contribution in [1.29, 1.82) is 0 Å². The lowest BCUT2D eigenvalue weighted by Crippen LogP contribution is -2.62. The van der Waals surface area contributed by atoms with Gasteiger partial charge in [0, 0.05) is 0 Å². The summed E-state index contributed by atoms with van der Waals surface area (Å²) < 4.78 is 27.9. The highest BCUT2D eigenvalue weighted by Gasteiger charge is 2.39. The van der Waals surface area contributed by atoms with Crippen LogP contribution >= 0.6 is 0 Å². The van der Waals surface area contributed by atoms with E-state index in [4.69, 9.17) is 0 Å². The van der Waals surface area contributed by atoms with E-state index in [2.05, 4.69) is 5.32 Å². The molecule has 2 rings (SSSR count). The molecular weight excluding hydrogens is 254 g/mol. The van der Waals surface area contributed by atoms with Crippen LogP contribution < -0.4 is 10.2 Å². The van der Waals surface area contributed by atoms with Gasteiger partial charge in [0.1, 0.15) is 23.6 Å². The third-order valence-electron chi connectivity index (χ3n) is 3.23. The Kier molecular flexibility index (Phi) is 3.26. The van der Waals surface area contributed by atoms with Crippen LogP contribution in [0.2, 0.25) is 0 Å². The maximum absolute atomic E-state index is 14.1. The van der Waals surface area contributed by atoms with Crippen LogP contribution in [0.3, 0.4) is 0 Å². The van der Waals surface area contributed by atoms with Gasteiger partial charge >= 0.3 is 0 Å². The Morgan fingerprint density at radius 1 is 1.21 bits per heavy atom. The van der Waals surface area contributed by atoms with Crippen molar-refractivity contribution in [2.24, 2.45) is 0 Å². The number of nitrogens with zero attached hydrogens (tertiary/aromatic N) is 1. The summed E-state index contributed by atoms with van der Waals surface area (Å²) in [5.41, 5.74) is -0.241. The molecule has 2 atom stereocenters. The van der Waals surface area contributed by atoms with Crippen molar-refractivity contribution in [1.82, 2.24) is 5.32 Å². The monoisotopic (exact) mass is 268 g/mol. The molecule has 0 aliphatic carbocycles. The number of hydrogen-bond donors (Lipinski definition) is 1. The van der Waals surface area contributed by atoms with Gasteiger partial charge in [-0.15, -0.1) is 0 Å². The molecule has 4 nitrogen and oxygen atoms in total. The largest absolute Gasteiger partial charge is 0.343 e. The van der Waals surface area contributed by atoms with Crippen LogP contribution in [0.1, 0.15) is 19.4 Å². The van der Waals surface area contributed by atoms with E-state index in [1.165, 1.54) is 26.8 Å². The van der Waals surface area contributed by atoms with Crippen LogP contribution in [0.15, 0.2) is 12.1 Å². The van der Waals surface area contributed by atoms with Gasteiger partial charge in [0.25, 0.3) is 0 Å². The summed E-state index contributed by atoms with van der Waals surface area (Å²) in [5.74, 6) is -2.64. The van der Waals surface area contributed by atoms with Gasteiger partial charge in [-0.3, -0.25) is 14.5 Å². The van der Waals surface area contributed by atoms with Gasteiger partial charge < -0.3 is 5.32 Å². The third-order valence-corrected chi connectivity index (χ3v) is 3.23. The molecule has 1 saturated heterocycles. The highest BCUT2D eigenvalue weighted by molar-refractivity contribution is 6.08. The second-order valence-electron chi connectivity index (χ2n) is 4.64. The Morgan fingerprint density at radius 3 is 2.47 bits per heavy atom. The van der Waals surface area contributed by atoms with Crippen molar-refractivity contribution in [3.8, 4) is 0 Å².